The average molecular weight is 253 g/mol. The van der Waals surface area contributed by atoms with Crippen molar-refractivity contribution < 1.29 is 9.47 Å². The van der Waals surface area contributed by atoms with Crippen LogP contribution in [0.3, 0.4) is 0 Å². The van der Waals surface area contributed by atoms with Crippen molar-refractivity contribution in [3.05, 3.63) is 6.33 Å². The number of methoxy groups -OCH3 is 1. The van der Waals surface area contributed by atoms with Crippen molar-refractivity contribution in [3.8, 4) is 5.75 Å². The van der Waals surface area contributed by atoms with E-state index in [1.807, 2.05) is 0 Å². The highest BCUT2D eigenvalue weighted by atomic mass is 16.5. The van der Waals surface area contributed by atoms with Gasteiger partial charge in [0.15, 0.2) is 11.6 Å². The number of nitrogen functional groups attached to an aromatic ring is 1. The van der Waals surface area contributed by atoms with E-state index in [1.54, 1.807) is 7.11 Å². The summed E-state index contributed by atoms with van der Waals surface area (Å²) in [6.45, 7) is 4.39. The highest BCUT2D eigenvalue weighted by Gasteiger charge is 2.24. The van der Waals surface area contributed by atoms with Gasteiger partial charge in [0.25, 0.3) is 0 Å². The normalized spacial score (nSPS) is 19.7. The van der Waals surface area contributed by atoms with Gasteiger partial charge < -0.3 is 19.8 Å². The van der Waals surface area contributed by atoms with Crippen molar-refractivity contribution in [2.45, 2.75) is 19.4 Å². The smallest absolute Gasteiger partial charge is 0.205 e. The van der Waals surface area contributed by atoms with Crippen LogP contribution in [0.2, 0.25) is 0 Å². The molecule has 18 heavy (non-hydrogen) atoms. The van der Waals surface area contributed by atoms with E-state index < -0.39 is 0 Å². The summed E-state index contributed by atoms with van der Waals surface area (Å²) in [5.41, 5.74) is 2.52. The van der Waals surface area contributed by atoms with E-state index in [1.165, 1.54) is 6.33 Å². The molecular formula is C11H19N5O2. The van der Waals surface area contributed by atoms with Crippen molar-refractivity contribution in [2.75, 3.05) is 37.1 Å². The molecule has 0 spiro atoms. The number of hydrazine groups is 1. The molecule has 7 nitrogen and oxygen atoms in total. The molecule has 1 aromatic rings. The van der Waals surface area contributed by atoms with E-state index in [-0.39, 0.29) is 6.10 Å². The van der Waals surface area contributed by atoms with Crippen LogP contribution in [0.4, 0.5) is 11.6 Å². The van der Waals surface area contributed by atoms with Crippen LogP contribution in [0.15, 0.2) is 6.33 Å². The van der Waals surface area contributed by atoms with Gasteiger partial charge in [-0.3, -0.25) is 0 Å². The predicted octanol–water partition coefficient (Wildman–Crippen LogP) is 0.386. The maximum Gasteiger partial charge on any atom is 0.205 e. The molecule has 1 aromatic heterocycles. The number of ether oxygens (including phenoxy) is 2. The Hall–Kier alpha value is -1.60. The Morgan fingerprint density at radius 1 is 1.61 bits per heavy atom. The first-order valence-corrected chi connectivity index (χ1v) is 6.02. The maximum absolute atomic E-state index is 5.64. The molecule has 100 valence electrons. The fraction of sp³-hybridized carbons (Fsp3) is 0.636. The summed E-state index contributed by atoms with van der Waals surface area (Å²) in [4.78, 5) is 10.5. The van der Waals surface area contributed by atoms with Crippen LogP contribution in [0.1, 0.15) is 13.3 Å². The third kappa shape index (κ3) is 2.46. The molecule has 1 unspecified atom stereocenters. The van der Waals surface area contributed by atoms with Gasteiger partial charge in [0.1, 0.15) is 6.33 Å². The van der Waals surface area contributed by atoms with Gasteiger partial charge in [0, 0.05) is 13.1 Å². The molecule has 7 heteroatoms. The van der Waals surface area contributed by atoms with Crippen molar-refractivity contribution in [1.82, 2.24) is 9.97 Å². The second kappa shape index (κ2) is 5.83. The lowest BCUT2D eigenvalue weighted by molar-refractivity contribution is 0.0380. The first-order valence-electron chi connectivity index (χ1n) is 6.02. The number of hydrogen-bond acceptors (Lipinski definition) is 7. The monoisotopic (exact) mass is 253 g/mol. The van der Waals surface area contributed by atoms with E-state index in [9.17, 15) is 0 Å². The van der Waals surface area contributed by atoms with Gasteiger partial charge in [0.05, 0.1) is 19.8 Å². The Morgan fingerprint density at radius 3 is 3.11 bits per heavy atom. The third-order valence-electron chi connectivity index (χ3n) is 3.02. The van der Waals surface area contributed by atoms with Gasteiger partial charge in [-0.1, -0.05) is 6.92 Å². The summed E-state index contributed by atoms with van der Waals surface area (Å²) in [5.74, 6) is 7.22. The van der Waals surface area contributed by atoms with Crippen molar-refractivity contribution in [1.29, 1.82) is 0 Å². The molecule has 1 fully saturated rings. The molecule has 0 bridgehead atoms. The molecule has 0 aromatic carbocycles. The molecule has 0 saturated carbocycles. The van der Waals surface area contributed by atoms with Gasteiger partial charge in [0.2, 0.25) is 5.75 Å². The van der Waals surface area contributed by atoms with E-state index >= 15 is 0 Å². The Morgan fingerprint density at radius 2 is 2.44 bits per heavy atom. The largest absolute Gasteiger partial charge is 0.490 e. The number of hydrogen-bond donors (Lipinski definition) is 2. The van der Waals surface area contributed by atoms with E-state index in [0.717, 1.165) is 25.3 Å². The Bertz CT molecular complexity index is 401. The molecule has 3 N–H and O–H groups in total. The lowest BCUT2D eigenvalue weighted by Gasteiger charge is -2.34. The van der Waals surface area contributed by atoms with Crippen molar-refractivity contribution in [2.24, 2.45) is 5.84 Å². The minimum atomic E-state index is 0.229. The minimum Gasteiger partial charge on any atom is -0.490 e. The van der Waals surface area contributed by atoms with Gasteiger partial charge in [-0.15, -0.1) is 0 Å². The summed E-state index contributed by atoms with van der Waals surface area (Å²) in [6.07, 6.45) is 2.68. The zero-order valence-corrected chi connectivity index (χ0v) is 10.7. The minimum absolute atomic E-state index is 0.229. The number of anilines is 2. The quantitative estimate of drug-likeness (QED) is 0.593. The Balaban J connectivity index is 2.26. The van der Waals surface area contributed by atoms with Crippen molar-refractivity contribution in [3.63, 3.8) is 0 Å². The molecule has 0 amide bonds. The Kier molecular flexibility index (Phi) is 4.16. The molecular weight excluding hydrogens is 234 g/mol. The first kappa shape index (κ1) is 12.8. The van der Waals surface area contributed by atoms with Crippen LogP contribution < -0.4 is 20.9 Å². The summed E-state index contributed by atoms with van der Waals surface area (Å²) in [7, 11) is 1.58. The molecule has 2 heterocycles. The number of morpholine rings is 1. The summed E-state index contributed by atoms with van der Waals surface area (Å²) in [5, 5.41) is 0. The second-order valence-electron chi connectivity index (χ2n) is 4.07. The van der Waals surface area contributed by atoms with Crippen molar-refractivity contribution >= 4 is 11.6 Å². The third-order valence-corrected chi connectivity index (χ3v) is 3.02. The summed E-state index contributed by atoms with van der Waals surface area (Å²) < 4.78 is 11.0. The predicted molar refractivity (Wildman–Crippen MR) is 68.6 cm³/mol. The van der Waals surface area contributed by atoms with Gasteiger partial charge in [-0.25, -0.2) is 15.8 Å². The number of nitrogens with zero attached hydrogens (tertiary/aromatic N) is 3. The second-order valence-corrected chi connectivity index (χ2v) is 4.07. The number of nitrogens with two attached hydrogens (primary N) is 1. The molecule has 1 aliphatic rings. The van der Waals surface area contributed by atoms with Crippen LogP contribution in [-0.2, 0) is 4.74 Å². The van der Waals surface area contributed by atoms with Gasteiger partial charge in [-0.05, 0) is 6.42 Å². The number of nitrogens with one attached hydrogen (secondary N) is 1. The van der Waals surface area contributed by atoms with Gasteiger partial charge in [-0.2, -0.15) is 0 Å². The average Bonchev–Trinajstić information content (AvgIpc) is 2.46. The lowest BCUT2D eigenvalue weighted by atomic mass is 10.2. The van der Waals surface area contributed by atoms with Gasteiger partial charge >= 0.3 is 0 Å². The lowest BCUT2D eigenvalue weighted by Crippen LogP contribution is -2.42. The molecule has 2 rings (SSSR count). The number of aromatic nitrogens is 2. The van der Waals surface area contributed by atoms with E-state index in [2.05, 4.69) is 27.2 Å². The standard InChI is InChI=1S/C11H19N5O2/c1-3-8-6-16(4-5-18-8)11-9(17-2)10(15-12)13-7-14-11/h7-8H,3-6,12H2,1-2H3,(H,13,14,15). The van der Waals surface area contributed by atoms with Crippen LogP contribution in [0.5, 0.6) is 5.75 Å². The maximum atomic E-state index is 5.64. The number of rotatable bonds is 4. The Labute approximate surface area is 106 Å². The zero-order chi connectivity index (χ0) is 13.0. The topological polar surface area (TPSA) is 85.5 Å². The molecule has 1 aliphatic heterocycles. The highest BCUT2D eigenvalue weighted by molar-refractivity contribution is 5.64. The molecule has 0 aliphatic carbocycles. The summed E-state index contributed by atoms with van der Waals surface area (Å²) >= 11 is 0. The molecule has 1 atom stereocenters. The van der Waals surface area contributed by atoms with E-state index in [0.29, 0.717) is 18.2 Å². The zero-order valence-electron chi connectivity index (χ0n) is 10.7. The van der Waals surface area contributed by atoms with Crippen LogP contribution in [0.25, 0.3) is 0 Å². The summed E-state index contributed by atoms with van der Waals surface area (Å²) in [6, 6.07) is 0. The van der Waals surface area contributed by atoms with Crippen LogP contribution in [0, 0.1) is 0 Å². The SMILES string of the molecule is CCC1CN(c2ncnc(NN)c2OC)CCO1. The first-order chi connectivity index (χ1) is 8.80. The molecule has 1 saturated heterocycles. The van der Waals surface area contributed by atoms with Crippen LogP contribution in [-0.4, -0.2) is 42.9 Å². The molecule has 0 radical (unpaired) electrons. The fourth-order valence-electron chi connectivity index (χ4n) is 2.04. The van der Waals surface area contributed by atoms with Crippen LogP contribution >= 0.6 is 0 Å². The highest BCUT2D eigenvalue weighted by Crippen LogP contribution is 2.32. The fourth-order valence-corrected chi connectivity index (χ4v) is 2.04. The van der Waals surface area contributed by atoms with E-state index in [4.69, 9.17) is 15.3 Å².